The van der Waals surface area contributed by atoms with Gasteiger partial charge in [-0.3, -0.25) is 9.59 Å². The molecule has 1 aromatic rings. The minimum Gasteiger partial charge on any atom is -0.368 e. The normalized spacial score (nSPS) is 26.2. The number of Topliss-reactive ketones (excluding diaryl/α,β-unsaturated/α-hetero) is 1. The molecule has 0 heterocycles. The molecule has 6 nitrogen and oxygen atoms in total. The van der Waals surface area contributed by atoms with Crippen LogP contribution in [0.15, 0.2) is 30.3 Å². The molecule has 1 saturated carbocycles. The highest BCUT2D eigenvalue weighted by Crippen LogP contribution is 2.55. The zero-order chi connectivity index (χ0) is 16.4. The number of hydrogen-bond donors (Lipinski definition) is 1. The fraction of sp³-hybridized carbons (Fsp3) is 0.312. The van der Waals surface area contributed by atoms with Crippen LogP contribution in [0.2, 0.25) is 0 Å². The zero-order valence-electron chi connectivity index (χ0n) is 11.6. The van der Waals surface area contributed by atoms with Crippen molar-refractivity contribution in [1.29, 1.82) is 15.8 Å². The smallest absolute Gasteiger partial charge is 0.241 e. The van der Waals surface area contributed by atoms with E-state index in [2.05, 4.69) is 0 Å². The first-order valence-corrected chi connectivity index (χ1v) is 6.57. The van der Waals surface area contributed by atoms with Crippen LogP contribution in [-0.2, 0) is 9.59 Å². The molecule has 0 saturated heterocycles. The Bertz CT molecular complexity index is 737. The maximum absolute atomic E-state index is 12.1. The summed E-state index contributed by atoms with van der Waals surface area (Å²) < 4.78 is 0. The first-order valence-electron chi connectivity index (χ1n) is 6.57. The van der Waals surface area contributed by atoms with E-state index in [9.17, 15) is 25.4 Å². The lowest BCUT2D eigenvalue weighted by molar-refractivity contribution is -0.138. The molecule has 0 bridgehead atoms. The third-order valence-corrected chi connectivity index (χ3v) is 4.26. The third-order valence-electron chi connectivity index (χ3n) is 4.26. The van der Waals surface area contributed by atoms with Gasteiger partial charge in [-0.2, -0.15) is 15.8 Å². The molecular formula is C16H12N4O2. The molecule has 1 amide bonds. The van der Waals surface area contributed by atoms with Crippen molar-refractivity contribution in [3.63, 3.8) is 0 Å². The summed E-state index contributed by atoms with van der Waals surface area (Å²) in [6.45, 7) is 0. The van der Waals surface area contributed by atoms with Gasteiger partial charge in [0.2, 0.25) is 5.91 Å². The summed E-state index contributed by atoms with van der Waals surface area (Å²) in [5.74, 6) is -2.36. The van der Waals surface area contributed by atoms with Gasteiger partial charge in [-0.15, -0.1) is 0 Å². The SMILES string of the molecule is N#CC1(C#N)[C@H](c2ccccc2)CC(=O)C[C@]1(C#N)C(N)=O. The number of nitrogens with zero attached hydrogens (tertiary/aromatic N) is 3. The Balaban J connectivity index is 2.77. The van der Waals surface area contributed by atoms with E-state index in [-0.39, 0.29) is 12.2 Å². The number of nitriles is 3. The molecule has 108 valence electrons. The number of benzene rings is 1. The number of carbonyl (C=O) groups excluding carboxylic acids is 2. The van der Waals surface area contributed by atoms with Crippen LogP contribution in [0.25, 0.3) is 0 Å². The van der Waals surface area contributed by atoms with Crippen LogP contribution < -0.4 is 5.73 Å². The van der Waals surface area contributed by atoms with Gasteiger partial charge in [0.05, 0.1) is 18.2 Å². The van der Waals surface area contributed by atoms with E-state index in [0.717, 1.165) is 0 Å². The highest BCUT2D eigenvalue weighted by Gasteiger charge is 2.65. The van der Waals surface area contributed by atoms with Crippen molar-refractivity contribution in [3.05, 3.63) is 35.9 Å². The second-order valence-electron chi connectivity index (χ2n) is 5.30. The molecule has 2 rings (SSSR count). The molecule has 0 radical (unpaired) electrons. The number of ketones is 1. The Hall–Kier alpha value is -3.17. The number of nitrogens with two attached hydrogens (primary N) is 1. The minimum atomic E-state index is -2.15. The maximum Gasteiger partial charge on any atom is 0.241 e. The van der Waals surface area contributed by atoms with Crippen LogP contribution in [-0.4, -0.2) is 11.7 Å². The first kappa shape index (κ1) is 15.2. The van der Waals surface area contributed by atoms with Gasteiger partial charge in [-0.1, -0.05) is 30.3 Å². The molecular weight excluding hydrogens is 280 g/mol. The Morgan fingerprint density at radius 1 is 1.14 bits per heavy atom. The van der Waals surface area contributed by atoms with Gasteiger partial charge in [-0.05, 0) is 5.56 Å². The predicted octanol–water partition coefficient (Wildman–Crippen LogP) is 1.16. The van der Waals surface area contributed by atoms with E-state index in [1.807, 2.05) is 12.1 Å². The van der Waals surface area contributed by atoms with Crippen LogP contribution in [0.1, 0.15) is 24.3 Å². The van der Waals surface area contributed by atoms with Crippen molar-refractivity contribution in [3.8, 4) is 18.2 Å². The monoisotopic (exact) mass is 292 g/mol. The van der Waals surface area contributed by atoms with E-state index < -0.39 is 29.1 Å². The van der Waals surface area contributed by atoms with Crippen LogP contribution in [0, 0.1) is 44.8 Å². The quantitative estimate of drug-likeness (QED) is 0.873. The molecule has 2 N–H and O–H groups in total. The second kappa shape index (κ2) is 5.31. The molecule has 22 heavy (non-hydrogen) atoms. The average Bonchev–Trinajstić information content (AvgIpc) is 2.54. The molecule has 1 aliphatic rings. The van der Waals surface area contributed by atoms with Gasteiger partial charge < -0.3 is 5.73 Å². The number of amides is 1. The molecule has 2 atom stereocenters. The summed E-state index contributed by atoms with van der Waals surface area (Å²) in [6.07, 6.45) is -0.592. The highest BCUT2D eigenvalue weighted by molar-refractivity contribution is 5.95. The zero-order valence-corrected chi connectivity index (χ0v) is 11.6. The maximum atomic E-state index is 12.1. The van der Waals surface area contributed by atoms with Crippen molar-refractivity contribution in [2.24, 2.45) is 16.6 Å². The Labute approximate surface area is 127 Å². The predicted molar refractivity (Wildman–Crippen MR) is 74.3 cm³/mol. The third kappa shape index (κ3) is 1.84. The molecule has 1 aliphatic carbocycles. The average molecular weight is 292 g/mol. The van der Waals surface area contributed by atoms with Gasteiger partial charge in [0.1, 0.15) is 5.78 Å². The number of carbonyl (C=O) groups is 2. The van der Waals surface area contributed by atoms with Crippen molar-refractivity contribution in [2.45, 2.75) is 18.8 Å². The van der Waals surface area contributed by atoms with E-state index >= 15 is 0 Å². The fourth-order valence-electron chi connectivity index (χ4n) is 3.07. The molecule has 1 aromatic carbocycles. The Kier molecular flexibility index (Phi) is 3.68. The lowest BCUT2D eigenvalue weighted by Crippen LogP contribution is -2.56. The minimum absolute atomic E-state index is 0.0815. The van der Waals surface area contributed by atoms with Gasteiger partial charge >= 0.3 is 0 Å². The second-order valence-corrected chi connectivity index (χ2v) is 5.30. The Morgan fingerprint density at radius 2 is 1.73 bits per heavy atom. The molecule has 1 fully saturated rings. The number of rotatable bonds is 2. The summed E-state index contributed by atoms with van der Waals surface area (Å²) in [7, 11) is 0. The lowest BCUT2D eigenvalue weighted by Gasteiger charge is -2.43. The van der Waals surface area contributed by atoms with Gasteiger partial charge in [-0.25, -0.2) is 0 Å². The van der Waals surface area contributed by atoms with Crippen LogP contribution in [0.3, 0.4) is 0 Å². The van der Waals surface area contributed by atoms with Gasteiger partial charge in [0.25, 0.3) is 0 Å². The van der Waals surface area contributed by atoms with E-state index in [0.29, 0.717) is 5.56 Å². The molecule has 0 aliphatic heterocycles. The van der Waals surface area contributed by atoms with Crippen molar-refractivity contribution >= 4 is 11.7 Å². The summed E-state index contributed by atoms with van der Waals surface area (Å²) in [5, 5.41) is 28.8. The fourth-order valence-corrected chi connectivity index (χ4v) is 3.07. The van der Waals surface area contributed by atoms with Crippen molar-refractivity contribution in [1.82, 2.24) is 0 Å². The van der Waals surface area contributed by atoms with Crippen LogP contribution in [0.4, 0.5) is 0 Å². The van der Waals surface area contributed by atoms with E-state index in [4.69, 9.17) is 5.73 Å². The Morgan fingerprint density at radius 3 is 2.18 bits per heavy atom. The number of hydrogen-bond acceptors (Lipinski definition) is 5. The topological polar surface area (TPSA) is 132 Å². The van der Waals surface area contributed by atoms with Gasteiger partial charge in [0.15, 0.2) is 10.8 Å². The van der Waals surface area contributed by atoms with E-state index in [1.165, 1.54) is 0 Å². The summed E-state index contributed by atoms with van der Waals surface area (Å²) in [6, 6.07) is 13.8. The molecule has 6 heteroatoms. The van der Waals surface area contributed by atoms with Crippen molar-refractivity contribution in [2.75, 3.05) is 0 Å². The summed E-state index contributed by atoms with van der Waals surface area (Å²) in [5.41, 5.74) is 1.74. The summed E-state index contributed by atoms with van der Waals surface area (Å²) >= 11 is 0. The highest BCUT2D eigenvalue weighted by atomic mass is 16.2. The standard InChI is InChI=1S/C16H12N4O2/c17-8-15(14(20)22)7-12(21)6-13(16(15,9-18)10-19)11-4-2-1-3-5-11/h1-5,13H,6-7H2,(H2,20,22)/t13-,15-/m0/s1. The van der Waals surface area contributed by atoms with Crippen LogP contribution >= 0.6 is 0 Å². The van der Waals surface area contributed by atoms with E-state index in [1.54, 1.807) is 36.4 Å². The molecule has 0 unspecified atom stereocenters. The van der Waals surface area contributed by atoms with Crippen LogP contribution in [0.5, 0.6) is 0 Å². The first-order chi connectivity index (χ1) is 10.5. The molecule has 0 aromatic heterocycles. The largest absolute Gasteiger partial charge is 0.368 e. The number of primary amides is 1. The lowest BCUT2D eigenvalue weighted by atomic mass is 9.51. The summed E-state index contributed by atoms with van der Waals surface area (Å²) in [4.78, 5) is 24.0. The van der Waals surface area contributed by atoms with Crippen molar-refractivity contribution < 1.29 is 9.59 Å². The van der Waals surface area contributed by atoms with Gasteiger partial charge in [0, 0.05) is 18.8 Å². The molecule has 0 spiro atoms.